The van der Waals surface area contributed by atoms with Gasteiger partial charge in [0.2, 0.25) is 5.70 Å². The van der Waals surface area contributed by atoms with E-state index in [-0.39, 0.29) is 23.3 Å². The Morgan fingerprint density at radius 2 is 1.97 bits per heavy atom. The lowest BCUT2D eigenvalue weighted by molar-refractivity contribution is -0.121. The summed E-state index contributed by atoms with van der Waals surface area (Å²) in [6.45, 7) is 11.6. The molecule has 0 bridgehead atoms. The first kappa shape index (κ1) is 20.3. The molecule has 0 amide bonds. The Balaban J connectivity index is 1.81. The van der Waals surface area contributed by atoms with Crippen LogP contribution in [0.3, 0.4) is 0 Å². The molecule has 3 aromatic rings. The first-order valence-corrected chi connectivity index (χ1v) is 10.9. The molecule has 0 saturated carbocycles. The number of carbonyl (C=O) groups is 1. The minimum absolute atomic E-state index is 0.0480. The van der Waals surface area contributed by atoms with Crippen molar-refractivity contribution in [2.45, 2.75) is 32.1 Å². The number of hydrogen-bond donors (Lipinski definition) is 0. The van der Waals surface area contributed by atoms with Gasteiger partial charge in [-0.15, -0.1) is 0 Å². The fraction of sp³-hybridized carbons (Fsp3) is 0.346. The maximum atomic E-state index is 12.7. The predicted molar refractivity (Wildman–Crippen MR) is 125 cm³/mol. The molecule has 1 aromatic carbocycles. The summed E-state index contributed by atoms with van der Waals surface area (Å²) in [5.41, 5.74) is 3.61. The summed E-state index contributed by atoms with van der Waals surface area (Å²) in [4.78, 5) is 33.0. The van der Waals surface area contributed by atoms with Gasteiger partial charge in [0.25, 0.3) is 0 Å². The van der Waals surface area contributed by atoms with Crippen molar-refractivity contribution < 1.29 is 4.79 Å². The first-order valence-electron chi connectivity index (χ1n) is 10.9. The quantitative estimate of drug-likeness (QED) is 0.564. The Bertz CT molecular complexity index is 1330. The summed E-state index contributed by atoms with van der Waals surface area (Å²) >= 11 is 0. The zero-order valence-electron chi connectivity index (χ0n) is 18.8. The van der Waals surface area contributed by atoms with Crippen molar-refractivity contribution >= 4 is 22.5 Å². The number of nitrogens with zero attached hydrogens (tertiary/aromatic N) is 5. The summed E-state index contributed by atoms with van der Waals surface area (Å²) in [6.07, 6.45) is 5.35. The smallest absolute Gasteiger partial charge is 0.226 e. The van der Waals surface area contributed by atoms with Gasteiger partial charge < -0.3 is 9.69 Å². The Kier molecular flexibility index (Phi) is 4.59. The lowest BCUT2D eigenvalue weighted by Crippen LogP contribution is -2.46. The zero-order chi connectivity index (χ0) is 22.6. The standard InChI is InChI=1S/C26H25N5O/c1-15-19-11-10-18-23(26(19,2)14-21(27-3)22(15)32)29-24(30-25(18)31(4)5)17-12-13-28-20-9-7-6-8-16(17)20/h6-9,12-15,19H,10-11H2,1-2,4-5H3/t15-,19-,26-/m1/s1. The minimum atomic E-state index is -0.494. The van der Waals surface area contributed by atoms with E-state index in [0.29, 0.717) is 5.82 Å². The van der Waals surface area contributed by atoms with Gasteiger partial charge in [0, 0.05) is 48.1 Å². The summed E-state index contributed by atoms with van der Waals surface area (Å²) < 4.78 is 0. The van der Waals surface area contributed by atoms with Crippen molar-refractivity contribution in [2.24, 2.45) is 11.8 Å². The second kappa shape index (κ2) is 7.23. The summed E-state index contributed by atoms with van der Waals surface area (Å²) in [7, 11) is 4.00. The van der Waals surface area contributed by atoms with Gasteiger partial charge in [-0.2, -0.15) is 0 Å². The Hall–Kier alpha value is -3.59. The second-order valence-corrected chi connectivity index (χ2v) is 9.19. The Morgan fingerprint density at radius 3 is 2.72 bits per heavy atom. The SMILES string of the molecule is [C-]#[N+]C1=C[C@@]2(C)c3nc(-c4ccnc5ccccc45)nc(N(C)C)c3CC[C@@H]2[C@@H](C)C1=O. The molecule has 2 aliphatic carbocycles. The van der Waals surface area contributed by atoms with Gasteiger partial charge in [-0.05, 0) is 30.9 Å². The molecule has 3 atom stereocenters. The molecule has 2 aliphatic rings. The van der Waals surface area contributed by atoms with Crippen LogP contribution in [0.5, 0.6) is 0 Å². The average Bonchev–Trinajstić information content (AvgIpc) is 2.80. The highest BCUT2D eigenvalue weighted by molar-refractivity contribution is 6.00. The number of aromatic nitrogens is 3. The van der Waals surface area contributed by atoms with Crippen LogP contribution in [-0.2, 0) is 16.6 Å². The van der Waals surface area contributed by atoms with Crippen LogP contribution >= 0.6 is 0 Å². The molecule has 0 N–H and O–H groups in total. The fourth-order valence-corrected chi connectivity index (χ4v) is 5.51. The molecule has 5 rings (SSSR count). The molecule has 0 aliphatic heterocycles. The lowest BCUT2D eigenvalue weighted by Gasteiger charge is -2.46. The minimum Gasteiger partial charge on any atom is -0.362 e. The van der Waals surface area contributed by atoms with E-state index in [1.807, 2.05) is 62.3 Å². The van der Waals surface area contributed by atoms with E-state index in [9.17, 15) is 4.79 Å². The third-order valence-corrected chi connectivity index (χ3v) is 7.11. The van der Waals surface area contributed by atoms with E-state index >= 15 is 0 Å². The number of allylic oxidation sites excluding steroid dienone is 2. The van der Waals surface area contributed by atoms with Gasteiger partial charge in [-0.1, -0.05) is 38.1 Å². The molecule has 160 valence electrons. The van der Waals surface area contributed by atoms with Gasteiger partial charge in [0.15, 0.2) is 11.6 Å². The van der Waals surface area contributed by atoms with E-state index in [2.05, 4.69) is 16.8 Å². The maximum Gasteiger partial charge on any atom is 0.226 e. The van der Waals surface area contributed by atoms with Gasteiger partial charge in [0.05, 0.1) is 17.8 Å². The number of benzene rings is 1. The molecule has 0 radical (unpaired) electrons. The molecule has 32 heavy (non-hydrogen) atoms. The number of para-hydroxylation sites is 1. The van der Waals surface area contributed by atoms with Crippen molar-refractivity contribution in [3.05, 3.63) is 71.0 Å². The summed E-state index contributed by atoms with van der Waals surface area (Å²) in [5.74, 6) is 1.40. The molecule has 2 aromatic heterocycles. The molecule has 0 spiro atoms. The predicted octanol–water partition coefficient (Wildman–Crippen LogP) is 4.60. The van der Waals surface area contributed by atoms with Crippen LogP contribution in [0.25, 0.3) is 27.1 Å². The van der Waals surface area contributed by atoms with Gasteiger partial charge in [-0.25, -0.2) is 14.8 Å². The van der Waals surface area contributed by atoms with Crippen molar-refractivity contribution in [3.63, 3.8) is 0 Å². The van der Waals surface area contributed by atoms with Crippen molar-refractivity contribution in [1.29, 1.82) is 0 Å². The molecule has 0 fully saturated rings. The van der Waals surface area contributed by atoms with Crippen molar-refractivity contribution in [2.75, 3.05) is 19.0 Å². The molecular formula is C26H25N5O. The van der Waals surface area contributed by atoms with Gasteiger partial charge >= 0.3 is 0 Å². The summed E-state index contributed by atoms with van der Waals surface area (Å²) in [6, 6.07) is 9.95. The number of anilines is 1. The highest BCUT2D eigenvalue weighted by atomic mass is 16.1. The third kappa shape index (κ3) is 2.85. The maximum absolute atomic E-state index is 12.7. The topological polar surface area (TPSA) is 63.3 Å². The van der Waals surface area contributed by atoms with Crippen LogP contribution < -0.4 is 4.90 Å². The van der Waals surface area contributed by atoms with Crippen LogP contribution in [0.15, 0.2) is 48.3 Å². The van der Waals surface area contributed by atoms with E-state index in [1.165, 1.54) is 0 Å². The molecule has 0 unspecified atom stereocenters. The number of Topliss-reactive ketones (excluding diaryl/α,β-unsaturated/α-hetero) is 1. The van der Waals surface area contributed by atoms with E-state index in [4.69, 9.17) is 16.5 Å². The Labute approximate surface area is 187 Å². The van der Waals surface area contributed by atoms with Gasteiger partial charge in [0.1, 0.15) is 5.82 Å². The highest BCUT2D eigenvalue weighted by Gasteiger charge is 2.49. The normalized spacial score (nSPS) is 24.3. The first-order chi connectivity index (χ1) is 15.3. The third-order valence-electron chi connectivity index (χ3n) is 7.11. The van der Waals surface area contributed by atoms with Crippen molar-refractivity contribution in [1.82, 2.24) is 15.0 Å². The fourth-order valence-electron chi connectivity index (χ4n) is 5.51. The van der Waals surface area contributed by atoms with Crippen LogP contribution in [0, 0.1) is 18.4 Å². The largest absolute Gasteiger partial charge is 0.362 e. The summed E-state index contributed by atoms with van der Waals surface area (Å²) in [5, 5.41) is 1.00. The highest BCUT2D eigenvalue weighted by Crippen LogP contribution is 2.51. The number of hydrogen-bond acceptors (Lipinski definition) is 5. The molecule has 6 heteroatoms. The zero-order valence-corrected chi connectivity index (χ0v) is 18.8. The van der Waals surface area contributed by atoms with E-state index in [0.717, 1.165) is 46.4 Å². The van der Waals surface area contributed by atoms with Crippen LogP contribution in [0.1, 0.15) is 31.5 Å². The number of fused-ring (bicyclic) bond motifs is 4. The van der Waals surface area contributed by atoms with E-state index in [1.54, 1.807) is 6.20 Å². The molecule has 2 heterocycles. The second-order valence-electron chi connectivity index (χ2n) is 9.19. The van der Waals surface area contributed by atoms with Crippen molar-refractivity contribution in [3.8, 4) is 11.4 Å². The van der Waals surface area contributed by atoms with E-state index < -0.39 is 5.41 Å². The number of carbonyl (C=O) groups excluding carboxylic acids is 1. The number of rotatable bonds is 2. The van der Waals surface area contributed by atoms with Gasteiger partial charge in [-0.3, -0.25) is 4.98 Å². The van der Waals surface area contributed by atoms with Crippen LogP contribution in [0.2, 0.25) is 0 Å². The van der Waals surface area contributed by atoms with Crippen LogP contribution in [-0.4, -0.2) is 34.8 Å². The number of pyridine rings is 1. The monoisotopic (exact) mass is 423 g/mol. The molecule has 0 saturated heterocycles. The molecule has 6 nitrogen and oxygen atoms in total. The number of ketones is 1. The lowest BCUT2D eigenvalue weighted by atomic mass is 9.58. The molecular weight excluding hydrogens is 398 g/mol. The Morgan fingerprint density at radius 1 is 1.19 bits per heavy atom. The average molecular weight is 424 g/mol. The van der Waals surface area contributed by atoms with Crippen LogP contribution in [0.4, 0.5) is 5.82 Å².